The minimum atomic E-state index is 0.615. The van der Waals surface area contributed by atoms with Gasteiger partial charge in [-0.25, -0.2) is 0 Å². The number of para-hydroxylation sites is 1. The summed E-state index contributed by atoms with van der Waals surface area (Å²) in [6.07, 6.45) is 1.33. The maximum atomic E-state index is 3.63. The highest BCUT2D eigenvalue weighted by Gasteiger charge is 2.35. The molecular formula is C13H18N2. The zero-order valence-electron chi connectivity index (χ0n) is 9.24. The molecule has 0 radical (unpaired) electrons. The Morgan fingerprint density at radius 3 is 3.13 bits per heavy atom. The van der Waals surface area contributed by atoms with E-state index in [2.05, 4.69) is 41.4 Å². The van der Waals surface area contributed by atoms with Gasteiger partial charge in [-0.15, -0.1) is 0 Å². The van der Waals surface area contributed by atoms with Gasteiger partial charge in [0.2, 0.25) is 0 Å². The minimum absolute atomic E-state index is 0.615. The molecule has 80 valence electrons. The van der Waals surface area contributed by atoms with Crippen molar-refractivity contribution in [3.8, 4) is 0 Å². The normalized spacial score (nSPS) is 28.7. The maximum Gasteiger partial charge on any atom is 0.0414 e. The number of hydrogen-bond donors (Lipinski definition) is 1. The molecule has 0 amide bonds. The van der Waals surface area contributed by atoms with E-state index in [1.165, 1.54) is 30.8 Å². The predicted octanol–water partition coefficient (Wildman–Crippen LogP) is 2.18. The topological polar surface area (TPSA) is 15.3 Å². The number of fused-ring (bicyclic) bond motifs is 3. The van der Waals surface area contributed by atoms with E-state index < -0.39 is 0 Å². The van der Waals surface area contributed by atoms with Gasteiger partial charge in [0, 0.05) is 24.8 Å². The first-order valence-corrected chi connectivity index (χ1v) is 5.97. The SMILES string of the molecule is CCN1C[C@H]2CCN[C@@H]2c2ccccc21. The molecule has 3 rings (SSSR count). The Bertz CT molecular complexity index is 361. The summed E-state index contributed by atoms with van der Waals surface area (Å²) in [5, 5.41) is 3.63. The van der Waals surface area contributed by atoms with Gasteiger partial charge in [0.1, 0.15) is 0 Å². The van der Waals surface area contributed by atoms with Crippen LogP contribution in [0.1, 0.15) is 24.9 Å². The van der Waals surface area contributed by atoms with Crippen LogP contribution in [0.15, 0.2) is 24.3 Å². The molecule has 1 N–H and O–H groups in total. The Morgan fingerprint density at radius 1 is 1.40 bits per heavy atom. The maximum absolute atomic E-state index is 3.63. The van der Waals surface area contributed by atoms with E-state index in [0.717, 1.165) is 12.5 Å². The van der Waals surface area contributed by atoms with Gasteiger partial charge >= 0.3 is 0 Å². The van der Waals surface area contributed by atoms with E-state index in [0.29, 0.717) is 6.04 Å². The first kappa shape index (κ1) is 9.22. The first-order valence-electron chi connectivity index (χ1n) is 5.97. The average Bonchev–Trinajstić information content (AvgIpc) is 2.76. The fourth-order valence-corrected chi connectivity index (χ4v) is 3.04. The summed E-state index contributed by atoms with van der Waals surface area (Å²) in [7, 11) is 0. The van der Waals surface area contributed by atoms with Gasteiger partial charge in [-0.2, -0.15) is 0 Å². The lowest BCUT2D eigenvalue weighted by molar-refractivity contribution is 0.437. The lowest BCUT2D eigenvalue weighted by Crippen LogP contribution is -2.37. The van der Waals surface area contributed by atoms with Crippen LogP contribution in [0.5, 0.6) is 0 Å². The van der Waals surface area contributed by atoms with Crippen molar-refractivity contribution in [3.05, 3.63) is 29.8 Å². The number of hydrogen-bond acceptors (Lipinski definition) is 2. The molecule has 0 bridgehead atoms. The van der Waals surface area contributed by atoms with Crippen LogP contribution >= 0.6 is 0 Å². The van der Waals surface area contributed by atoms with Crippen LogP contribution in [-0.4, -0.2) is 19.6 Å². The fourth-order valence-electron chi connectivity index (χ4n) is 3.04. The van der Waals surface area contributed by atoms with Crippen molar-refractivity contribution in [3.63, 3.8) is 0 Å². The molecule has 1 saturated heterocycles. The summed E-state index contributed by atoms with van der Waals surface area (Å²) in [6.45, 7) is 5.78. The Hall–Kier alpha value is -1.02. The quantitative estimate of drug-likeness (QED) is 0.751. The van der Waals surface area contributed by atoms with Crippen molar-refractivity contribution in [2.24, 2.45) is 5.92 Å². The third-order valence-corrected chi connectivity index (χ3v) is 3.80. The summed E-state index contributed by atoms with van der Waals surface area (Å²) in [5.41, 5.74) is 2.95. The van der Waals surface area contributed by atoms with Crippen LogP contribution in [-0.2, 0) is 0 Å². The number of nitrogens with one attached hydrogen (secondary N) is 1. The van der Waals surface area contributed by atoms with Crippen molar-refractivity contribution >= 4 is 5.69 Å². The first-order chi connectivity index (χ1) is 7.40. The molecule has 2 aliphatic heterocycles. The standard InChI is InChI=1S/C13H18N2/c1-2-15-9-10-7-8-14-13(10)11-5-3-4-6-12(11)15/h3-6,10,13-14H,2,7-9H2,1H3/t10-,13+/m1/s1. The molecule has 0 saturated carbocycles. The van der Waals surface area contributed by atoms with E-state index >= 15 is 0 Å². The molecule has 0 aromatic heterocycles. The lowest BCUT2D eigenvalue weighted by Gasteiger charge is -2.37. The van der Waals surface area contributed by atoms with Gasteiger partial charge in [0.05, 0.1) is 0 Å². The molecular weight excluding hydrogens is 184 g/mol. The summed E-state index contributed by atoms with van der Waals surface area (Å²) >= 11 is 0. The minimum Gasteiger partial charge on any atom is -0.371 e. The highest BCUT2D eigenvalue weighted by molar-refractivity contribution is 5.57. The molecule has 0 spiro atoms. The summed E-state index contributed by atoms with van der Waals surface area (Å²) < 4.78 is 0. The molecule has 2 atom stereocenters. The molecule has 15 heavy (non-hydrogen) atoms. The van der Waals surface area contributed by atoms with Crippen molar-refractivity contribution in [1.82, 2.24) is 5.32 Å². The van der Waals surface area contributed by atoms with Crippen LogP contribution in [0.3, 0.4) is 0 Å². The number of nitrogens with zero attached hydrogens (tertiary/aromatic N) is 1. The molecule has 2 heteroatoms. The molecule has 0 aliphatic carbocycles. The molecule has 2 nitrogen and oxygen atoms in total. The summed E-state index contributed by atoms with van der Waals surface area (Å²) in [6, 6.07) is 9.47. The van der Waals surface area contributed by atoms with Crippen molar-refractivity contribution in [2.45, 2.75) is 19.4 Å². The van der Waals surface area contributed by atoms with Crippen molar-refractivity contribution in [1.29, 1.82) is 0 Å². The summed E-state index contributed by atoms with van der Waals surface area (Å²) in [5.74, 6) is 0.819. The van der Waals surface area contributed by atoms with E-state index in [4.69, 9.17) is 0 Å². The van der Waals surface area contributed by atoms with Crippen LogP contribution in [0.2, 0.25) is 0 Å². The highest BCUT2D eigenvalue weighted by Crippen LogP contribution is 2.40. The average molecular weight is 202 g/mol. The smallest absolute Gasteiger partial charge is 0.0414 e. The zero-order chi connectivity index (χ0) is 10.3. The third kappa shape index (κ3) is 1.36. The molecule has 0 unspecified atom stereocenters. The molecule has 1 fully saturated rings. The number of anilines is 1. The molecule has 1 aromatic rings. The molecule has 1 aromatic carbocycles. The second-order valence-electron chi connectivity index (χ2n) is 4.58. The van der Waals surface area contributed by atoms with Gasteiger partial charge in [-0.05, 0) is 37.4 Å². The van der Waals surface area contributed by atoms with Crippen LogP contribution in [0.4, 0.5) is 5.69 Å². The van der Waals surface area contributed by atoms with Gasteiger partial charge in [0.25, 0.3) is 0 Å². The Morgan fingerprint density at radius 2 is 2.27 bits per heavy atom. The monoisotopic (exact) mass is 202 g/mol. The van der Waals surface area contributed by atoms with Crippen LogP contribution in [0.25, 0.3) is 0 Å². The Labute approximate surface area is 91.3 Å². The Kier molecular flexibility index (Phi) is 2.17. The highest BCUT2D eigenvalue weighted by atomic mass is 15.2. The third-order valence-electron chi connectivity index (χ3n) is 3.80. The Balaban J connectivity index is 2.06. The lowest BCUT2D eigenvalue weighted by atomic mass is 9.88. The van der Waals surface area contributed by atoms with Gasteiger partial charge in [-0.1, -0.05) is 18.2 Å². The van der Waals surface area contributed by atoms with Crippen LogP contribution in [0, 0.1) is 5.92 Å². The van der Waals surface area contributed by atoms with Gasteiger partial charge in [0.15, 0.2) is 0 Å². The summed E-state index contributed by atoms with van der Waals surface area (Å²) in [4.78, 5) is 2.52. The largest absolute Gasteiger partial charge is 0.371 e. The van der Waals surface area contributed by atoms with E-state index in [-0.39, 0.29) is 0 Å². The molecule has 2 heterocycles. The van der Waals surface area contributed by atoms with Crippen molar-refractivity contribution in [2.75, 3.05) is 24.5 Å². The van der Waals surface area contributed by atoms with Gasteiger partial charge < -0.3 is 10.2 Å². The number of rotatable bonds is 1. The van der Waals surface area contributed by atoms with E-state index in [1.807, 2.05) is 0 Å². The molecule has 2 aliphatic rings. The van der Waals surface area contributed by atoms with Gasteiger partial charge in [-0.3, -0.25) is 0 Å². The van der Waals surface area contributed by atoms with E-state index in [9.17, 15) is 0 Å². The second-order valence-corrected chi connectivity index (χ2v) is 4.58. The second kappa shape index (κ2) is 3.53. The van der Waals surface area contributed by atoms with Crippen molar-refractivity contribution < 1.29 is 0 Å². The predicted molar refractivity (Wildman–Crippen MR) is 63.2 cm³/mol. The van der Waals surface area contributed by atoms with E-state index in [1.54, 1.807) is 0 Å². The zero-order valence-corrected chi connectivity index (χ0v) is 9.24. The fraction of sp³-hybridized carbons (Fsp3) is 0.538. The number of benzene rings is 1. The van der Waals surface area contributed by atoms with Crippen LogP contribution < -0.4 is 10.2 Å².